The number of thiazole rings is 1. The zero-order valence-electron chi connectivity index (χ0n) is 14.8. The van der Waals surface area contributed by atoms with Crippen molar-refractivity contribution in [2.24, 2.45) is 0 Å². The van der Waals surface area contributed by atoms with Crippen LogP contribution < -0.4 is 10.1 Å². The van der Waals surface area contributed by atoms with Gasteiger partial charge in [0.15, 0.2) is 0 Å². The molecule has 2 heterocycles. The standard InChI is InChI=1S/C20H15ClFN3O2S/c1-3-4-27-16-6-13(5-14(7-16)20-25-9-12(2)28-20)19(26)24-11-18-17(22)8-15(21)10-23-18/h1,5-10H,4,11H2,2H3,(H,24,26). The van der Waals surface area contributed by atoms with Gasteiger partial charge in [0.25, 0.3) is 5.91 Å². The number of ether oxygens (including phenoxy) is 1. The van der Waals surface area contributed by atoms with Crippen molar-refractivity contribution in [3.05, 3.63) is 63.6 Å². The molecule has 0 fully saturated rings. The van der Waals surface area contributed by atoms with Gasteiger partial charge in [-0.15, -0.1) is 17.8 Å². The van der Waals surface area contributed by atoms with Crippen LogP contribution in [0.25, 0.3) is 10.6 Å². The lowest BCUT2D eigenvalue weighted by Crippen LogP contribution is -2.24. The molecule has 2 aromatic heterocycles. The Morgan fingerprint density at radius 3 is 2.82 bits per heavy atom. The Morgan fingerprint density at radius 2 is 2.14 bits per heavy atom. The molecule has 1 amide bonds. The zero-order valence-corrected chi connectivity index (χ0v) is 16.4. The second-order valence-electron chi connectivity index (χ2n) is 5.78. The number of pyridine rings is 1. The largest absolute Gasteiger partial charge is 0.481 e. The summed E-state index contributed by atoms with van der Waals surface area (Å²) in [6.07, 6.45) is 8.32. The fraction of sp³-hybridized carbons (Fsp3) is 0.150. The quantitative estimate of drug-likeness (QED) is 0.611. The number of amides is 1. The van der Waals surface area contributed by atoms with Crippen molar-refractivity contribution in [3.63, 3.8) is 0 Å². The van der Waals surface area contributed by atoms with E-state index in [0.29, 0.717) is 11.3 Å². The molecule has 0 bridgehead atoms. The highest BCUT2D eigenvalue weighted by atomic mass is 35.5. The molecule has 3 aromatic rings. The van der Waals surface area contributed by atoms with Crippen molar-refractivity contribution in [2.45, 2.75) is 13.5 Å². The minimum atomic E-state index is -0.585. The number of hydrogen-bond acceptors (Lipinski definition) is 5. The van der Waals surface area contributed by atoms with Gasteiger partial charge >= 0.3 is 0 Å². The average molecular weight is 416 g/mol. The van der Waals surface area contributed by atoms with E-state index in [2.05, 4.69) is 21.2 Å². The predicted octanol–water partition coefficient (Wildman–Crippen LogP) is 4.25. The van der Waals surface area contributed by atoms with Gasteiger partial charge in [-0.2, -0.15) is 0 Å². The molecule has 8 heteroatoms. The average Bonchev–Trinajstić information content (AvgIpc) is 3.11. The fourth-order valence-electron chi connectivity index (χ4n) is 2.39. The van der Waals surface area contributed by atoms with E-state index in [9.17, 15) is 9.18 Å². The molecule has 1 aromatic carbocycles. The summed E-state index contributed by atoms with van der Waals surface area (Å²) < 4.78 is 19.3. The van der Waals surface area contributed by atoms with E-state index >= 15 is 0 Å². The summed E-state index contributed by atoms with van der Waals surface area (Å²) in [7, 11) is 0. The molecule has 0 radical (unpaired) electrons. The highest BCUT2D eigenvalue weighted by Crippen LogP contribution is 2.29. The second kappa shape index (κ2) is 8.83. The molecular weight excluding hydrogens is 401 g/mol. The van der Waals surface area contributed by atoms with Crippen molar-refractivity contribution >= 4 is 28.8 Å². The molecule has 0 atom stereocenters. The summed E-state index contributed by atoms with van der Waals surface area (Å²) >= 11 is 7.19. The van der Waals surface area contributed by atoms with Crippen molar-refractivity contribution < 1.29 is 13.9 Å². The molecule has 0 aliphatic rings. The normalized spacial score (nSPS) is 10.4. The Bertz CT molecular complexity index is 1060. The molecule has 0 saturated heterocycles. The van der Waals surface area contributed by atoms with Crippen molar-refractivity contribution in [1.82, 2.24) is 15.3 Å². The number of rotatable bonds is 6. The number of aromatic nitrogens is 2. The van der Waals surface area contributed by atoms with Crippen LogP contribution in [0, 0.1) is 25.1 Å². The summed E-state index contributed by atoms with van der Waals surface area (Å²) in [5.74, 6) is 1.85. The smallest absolute Gasteiger partial charge is 0.251 e. The number of nitrogens with zero attached hydrogens (tertiary/aromatic N) is 2. The first-order valence-corrected chi connectivity index (χ1v) is 9.38. The van der Waals surface area contributed by atoms with E-state index in [0.717, 1.165) is 21.5 Å². The van der Waals surface area contributed by atoms with E-state index in [1.54, 1.807) is 24.4 Å². The summed E-state index contributed by atoms with van der Waals surface area (Å²) in [5.41, 5.74) is 1.16. The lowest BCUT2D eigenvalue weighted by molar-refractivity contribution is 0.0949. The lowest BCUT2D eigenvalue weighted by Gasteiger charge is -2.10. The Labute approximate surface area is 170 Å². The van der Waals surface area contributed by atoms with E-state index in [1.807, 2.05) is 6.92 Å². The van der Waals surface area contributed by atoms with Gasteiger partial charge in [0.2, 0.25) is 0 Å². The molecule has 3 rings (SSSR count). The van der Waals surface area contributed by atoms with Crippen LogP contribution >= 0.6 is 22.9 Å². The zero-order chi connectivity index (χ0) is 20.1. The van der Waals surface area contributed by atoms with Gasteiger partial charge in [-0.25, -0.2) is 9.37 Å². The van der Waals surface area contributed by atoms with Crippen LogP contribution in [0.1, 0.15) is 20.9 Å². The SMILES string of the molecule is C#CCOc1cc(C(=O)NCc2ncc(Cl)cc2F)cc(-c2ncc(C)s2)c1. The topological polar surface area (TPSA) is 64.1 Å². The van der Waals surface area contributed by atoms with E-state index in [-0.39, 0.29) is 23.9 Å². The molecular formula is C20H15ClFN3O2S. The second-order valence-corrected chi connectivity index (χ2v) is 7.45. The van der Waals surface area contributed by atoms with Crippen LogP contribution in [-0.4, -0.2) is 22.5 Å². The van der Waals surface area contributed by atoms with E-state index in [4.69, 9.17) is 22.8 Å². The molecule has 1 N–H and O–H groups in total. The van der Waals surface area contributed by atoms with Crippen LogP contribution in [0.15, 0.2) is 36.7 Å². The number of terminal acetylenes is 1. The highest BCUT2D eigenvalue weighted by Gasteiger charge is 2.14. The molecule has 0 unspecified atom stereocenters. The first-order chi connectivity index (χ1) is 13.5. The first kappa shape index (κ1) is 19.8. The summed E-state index contributed by atoms with van der Waals surface area (Å²) in [6.45, 7) is 1.94. The van der Waals surface area contributed by atoms with Crippen LogP contribution in [0.3, 0.4) is 0 Å². The minimum absolute atomic E-state index is 0.0707. The Balaban J connectivity index is 1.84. The lowest BCUT2D eigenvalue weighted by atomic mass is 10.1. The van der Waals surface area contributed by atoms with Crippen LogP contribution in [0.2, 0.25) is 5.02 Å². The fourth-order valence-corrected chi connectivity index (χ4v) is 3.29. The van der Waals surface area contributed by atoms with Crippen molar-refractivity contribution in [1.29, 1.82) is 0 Å². The molecule has 0 spiro atoms. The van der Waals surface area contributed by atoms with E-state index in [1.165, 1.54) is 17.5 Å². The Kier molecular flexibility index (Phi) is 6.24. The van der Waals surface area contributed by atoms with Crippen molar-refractivity contribution in [3.8, 4) is 28.7 Å². The van der Waals surface area contributed by atoms with Gasteiger partial charge in [-0.1, -0.05) is 17.5 Å². The summed E-state index contributed by atoms with van der Waals surface area (Å²) in [4.78, 5) is 21.9. The molecule has 0 aliphatic carbocycles. The summed E-state index contributed by atoms with van der Waals surface area (Å²) in [6, 6.07) is 6.18. The number of carbonyl (C=O) groups excluding carboxylic acids is 1. The van der Waals surface area contributed by atoms with Gasteiger partial charge < -0.3 is 10.1 Å². The molecule has 28 heavy (non-hydrogen) atoms. The summed E-state index contributed by atoms with van der Waals surface area (Å²) in [5, 5.41) is 3.59. The van der Waals surface area contributed by atoms with E-state index < -0.39 is 11.7 Å². The van der Waals surface area contributed by atoms with Gasteiger partial charge in [-0.3, -0.25) is 9.78 Å². The van der Waals surface area contributed by atoms with Gasteiger partial charge in [0.1, 0.15) is 23.2 Å². The third-order valence-corrected chi connectivity index (χ3v) is 4.83. The van der Waals surface area contributed by atoms with Crippen LogP contribution in [0.5, 0.6) is 5.75 Å². The third-order valence-electron chi connectivity index (χ3n) is 3.66. The maximum Gasteiger partial charge on any atom is 0.251 e. The number of nitrogens with one attached hydrogen (secondary N) is 1. The first-order valence-electron chi connectivity index (χ1n) is 8.18. The van der Waals surface area contributed by atoms with Gasteiger partial charge in [0.05, 0.1) is 17.3 Å². The third kappa shape index (κ3) is 4.85. The number of hydrogen-bond donors (Lipinski definition) is 1. The molecule has 142 valence electrons. The van der Waals surface area contributed by atoms with Crippen LogP contribution in [-0.2, 0) is 6.54 Å². The number of benzene rings is 1. The number of halogens is 2. The van der Waals surface area contributed by atoms with Gasteiger partial charge in [-0.05, 0) is 31.2 Å². The monoisotopic (exact) mass is 415 g/mol. The van der Waals surface area contributed by atoms with Gasteiger partial charge in [0, 0.05) is 28.4 Å². The maximum atomic E-state index is 13.9. The Morgan fingerprint density at radius 1 is 1.32 bits per heavy atom. The maximum absolute atomic E-state index is 13.9. The molecule has 0 saturated carbocycles. The number of aryl methyl sites for hydroxylation is 1. The predicted molar refractivity (Wildman–Crippen MR) is 107 cm³/mol. The Hall–Kier alpha value is -2.95. The number of carbonyl (C=O) groups is 1. The highest BCUT2D eigenvalue weighted by molar-refractivity contribution is 7.14. The molecule has 0 aliphatic heterocycles. The molecule has 5 nitrogen and oxygen atoms in total. The minimum Gasteiger partial charge on any atom is -0.481 e. The van der Waals surface area contributed by atoms with Crippen LogP contribution in [0.4, 0.5) is 4.39 Å². The van der Waals surface area contributed by atoms with Crippen molar-refractivity contribution in [2.75, 3.05) is 6.61 Å².